The van der Waals surface area contributed by atoms with E-state index >= 15 is 0 Å². The molecule has 24 heavy (non-hydrogen) atoms. The number of carbonyl (C=O) groups is 1. The zero-order valence-electron chi connectivity index (χ0n) is 14.2. The number of aromatic nitrogens is 1. The Morgan fingerprint density at radius 2 is 1.88 bits per heavy atom. The quantitative estimate of drug-likeness (QED) is 0.885. The molecule has 2 amide bonds. The molecule has 1 heterocycles. The Labute approximate surface area is 143 Å². The minimum absolute atomic E-state index is 0.00580. The predicted molar refractivity (Wildman–Crippen MR) is 95.9 cm³/mol. The molecule has 0 aliphatic heterocycles. The normalized spacial score (nSPS) is 15.4. The average Bonchev–Trinajstić information content (AvgIpc) is 2.60. The van der Waals surface area contributed by atoms with E-state index in [-0.39, 0.29) is 11.4 Å². The number of nitrogens with one attached hydrogen (secondary N) is 1. The minimum Gasteiger partial charge on any atom is -0.337 e. The summed E-state index contributed by atoms with van der Waals surface area (Å²) in [4.78, 5) is 18.2. The summed E-state index contributed by atoms with van der Waals surface area (Å²) in [6.45, 7) is 1.42. The average molecular weight is 323 g/mol. The van der Waals surface area contributed by atoms with Gasteiger partial charge in [0.25, 0.3) is 0 Å². The molecular weight excluding hydrogens is 298 g/mol. The van der Waals surface area contributed by atoms with Gasteiger partial charge in [-0.15, -0.1) is 0 Å². The lowest BCUT2D eigenvalue weighted by atomic mass is 9.64. The molecule has 1 aliphatic carbocycles. The van der Waals surface area contributed by atoms with E-state index in [4.69, 9.17) is 0 Å². The fourth-order valence-electron chi connectivity index (χ4n) is 3.29. The first-order valence-corrected chi connectivity index (χ1v) is 8.63. The van der Waals surface area contributed by atoms with Gasteiger partial charge in [0.2, 0.25) is 0 Å². The topological polar surface area (TPSA) is 45.2 Å². The number of pyridine rings is 1. The second kappa shape index (κ2) is 7.47. The van der Waals surface area contributed by atoms with Gasteiger partial charge in [-0.25, -0.2) is 4.79 Å². The van der Waals surface area contributed by atoms with E-state index in [9.17, 15) is 4.79 Å². The zero-order valence-corrected chi connectivity index (χ0v) is 14.2. The predicted octanol–water partition coefficient (Wildman–Crippen LogP) is 3.39. The molecule has 4 heteroatoms. The fraction of sp³-hybridized carbons (Fsp3) is 0.400. The SMILES string of the molecule is CN(CCc1ccncc1)C(=O)NCC1(c2ccccc2)CCC1. The van der Waals surface area contributed by atoms with Crippen molar-refractivity contribution in [3.63, 3.8) is 0 Å². The number of nitrogens with zero attached hydrogens (tertiary/aromatic N) is 2. The maximum Gasteiger partial charge on any atom is 0.317 e. The van der Waals surface area contributed by atoms with E-state index < -0.39 is 0 Å². The molecule has 126 valence electrons. The number of carbonyl (C=O) groups excluding carboxylic acids is 1. The number of likely N-dealkylation sites (N-methyl/N-ethyl adjacent to an activating group) is 1. The van der Waals surface area contributed by atoms with Crippen LogP contribution >= 0.6 is 0 Å². The van der Waals surface area contributed by atoms with Crippen molar-refractivity contribution in [1.29, 1.82) is 0 Å². The van der Waals surface area contributed by atoms with Crippen molar-refractivity contribution in [3.05, 3.63) is 66.0 Å². The summed E-state index contributed by atoms with van der Waals surface area (Å²) in [6, 6.07) is 14.6. The number of urea groups is 1. The maximum absolute atomic E-state index is 12.4. The van der Waals surface area contributed by atoms with Gasteiger partial charge in [0.1, 0.15) is 0 Å². The summed E-state index contributed by atoms with van der Waals surface area (Å²) in [6.07, 6.45) is 7.96. The van der Waals surface area contributed by atoms with Crippen molar-refractivity contribution in [1.82, 2.24) is 15.2 Å². The number of rotatable bonds is 6. The second-order valence-electron chi connectivity index (χ2n) is 6.69. The van der Waals surface area contributed by atoms with Crippen LogP contribution in [0.25, 0.3) is 0 Å². The van der Waals surface area contributed by atoms with Gasteiger partial charge >= 0.3 is 6.03 Å². The molecule has 3 rings (SSSR count). The lowest BCUT2D eigenvalue weighted by molar-refractivity contribution is 0.192. The molecule has 1 fully saturated rings. The van der Waals surface area contributed by atoms with Crippen LogP contribution in [0.15, 0.2) is 54.9 Å². The Balaban J connectivity index is 1.51. The van der Waals surface area contributed by atoms with Crippen molar-refractivity contribution >= 4 is 6.03 Å². The molecule has 0 atom stereocenters. The van der Waals surface area contributed by atoms with Gasteiger partial charge < -0.3 is 10.2 Å². The van der Waals surface area contributed by atoms with E-state index in [1.807, 2.05) is 25.2 Å². The van der Waals surface area contributed by atoms with Gasteiger partial charge in [-0.1, -0.05) is 36.8 Å². The standard InChI is InChI=1S/C20H25N3O/c1-23(15-10-17-8-13-21-14-9-17)19(24)22-16-20(11-5-12-20)18-6-3-2-4-7-18/h2-4,6-9,13-14H,5,10-12,15-16H2,1H3,(H,22,24). The molecule has 0 spiro atoms. The monoisotopic (exact) mass is 323 g/mol. The first kappa shape index (κ1) is 16.5. The molecule has 0 unspecified atom stereocenters. The van der Waals surface area contributed by atoms with Gasteiger partial charge in [-0.2, -0.15) is 0 Å². The van der Waals surface area contributed by atoms with Gasteiger partial charge in [-0.3, -0.25) is 4.98 Å². The second-order valence-corrected chi connectivity index (χ2v) is 6.69. The molecule has 4 nitrogen and oxygen atoms in total. The fourth-order valence-corrected chi connectivity index (χ4v) is 3.29. The highest BCUT2D eigenvalue weighted by Gasteiger charge is 2.38. The summed E-state index contributed by atoms with van der Waals surface area (Å²) in [7, 11) is 1.85. The van der Waals surface area contributed by atoms with E-state index in [0.717, 1.165) is 25.8 Å². The van der Waals surface area contributed by atoms with E-state index in [2.05, 4.69) is 34.6 Å². The Bertz CT molecular complexity index is 653. The van der Waals surface area contributed by atoms with E-state index in [1.54, 1.807) is 17.3 Å². The molecule has 1 saturated carbocycles. The van der Waals surface area contributed by atoms with Crippen LogP contribution in [-0.2, 0) is 11.8 Å². The summed E-state index contributed by atoms with van der Waals surface area (Å²) in [5.41, 5.74) is 2.67. The molecule has 0 radical (unpaired) electrons. The molecule has 0 saturated heterocycles. The third-order valence-corrected chi connectivity index (χ3v) is 5.11. The van der Waals surface area contributed by atoms with Crippen LogP contribution in [0.2, 0.25) is 0 Å². The summed E-state index contributed by atoms with van der Waals surface area (Å²) in [5, 5.41) is 3.13. The van der Waals surface area contributed by atoms with Crippen molar-refractivity contribution in [3.8, 4) is 0 Å². The molecule has 2 aromatic rings. The molecular formula is C20H25N3O. The molecule has 1 aliphatic rings. The summed E-state index contributed by atoms with van der Waals surface area (Å²) < 4.78 is 0. The molecule has 1 N–H and O–H groups in total. The van der Waals surface area contributed by atoms with Crippen molar-refractivity contribution < 1.29 is 4.79 Å². The third-order valence-electron chi connectivity index (χ3n) is 5.11. The van der Waals surface area contributed by atoms with Gasteiger partial charge in [-0.05, 0) is 42.5 Å². The van der Waals surface area contributed by atoms with Crippen LogP contribution in [0.5, 0.6) is 0 Å². The van der Waals surface area contributed by atoms with Crippen LogP contribution < -0.4 is 5.32 Å². The molecule has 0 bridgehead atoms. The number of hydrogen-bond donors (Lipinski definition) is 1. The Hall–Kier alpha value is -2.36. The lowest BCUT2D eigenvalue weighted by Crippen LogP contribution is -2.48. The molecule has 1 aromatic heterocycles. The molecule has 1 aromatic carbocycles. The first-order chi connectivity index (χ1) is 11.7. The van der Waals surface area contributed by atoms with Crippen molar-refractivity contribution in [2.24, 2.45) is 0 Å². The van der Waals surface area contributed by atoms with Gasteiger partial charge in [0, 0.05) is 37.9 Å². The lowest BCUT2D eigenvalue weighted by Gasteiger charge is -2.43. The zero-order chi connectivity index (χ0) is 16.8. The van der Waals surface area contributed by atoms with Crippen molar-refractivity contribution in [2.45, 2.75) is 31.1 Å². The number of amides is 2. The highest BCUT2D eigenvalue weighted by molar-refractivity contribution is 5.74. The Kier molecular flexibility index (Phi) is 5.14. The number of benzene rings is 1. The van der Waals surface area contributed by atoms with Gasteiger partial charge in [0.15, 0.2) is 0 Å². The highest BCUT2D eigenvalue weighted by Crippen LogP contribution is 2.43. The van der Waals surface area contributed by atoms with Crippen LogP contribution in [0, 0.1) is 0 Å². The van der Waals surface area contributed by atoms with Crippen molar-refractivity contribution in [2.75, 3.05) is 20.1 Å². The largest absolute Gasteiger partial charge is 0.337 e. The van der Waals surface area contributed by atoms with Crippen LogP contribution in [0.3, 0.4) is 0 Å². The van der Waals surface area contributed by atoms with Gasteiger partial charge in [0.05, 0.1) is 0 Å². The van der Waals surface area contributed by atoms with Crippen LogP contribution in [0.1, 0.15) is 30.4 Å². The summed E-state index contributed by atoms with van der Waals surface area (Å²) in [5.74, 6) is 0. The highest BCUT2D eigenvalue weighted by atomic mass is 16.2. The van der Waals surface area contributed by atoms with E-state index in [1.165, 1.54) is 17.5 Å². The summed E-state index contributed by atoms with van der Waals surface area (Å²) >= 11 is 0. The van der Waals surface area contributed by atoms with E-state index in [0.29, 0.717) is 6.54 Å². The minimum atomic E-state index is 0.00580. The first-order valence-electron chi connectivity index (χ1n) is 8.63. The smallest absolute Gasteiger partial charge is 0.317 e. The third kappa shape index (κ3) is 3.75. The number of hydrogen-bond acceptors (Lipinski definition) is 2. The Morgan fingerprint density at radius 1 is 1.17 bits per heavy atom. The van der Waals surface area contributed by atoms with Crippen LogP contribution in [-0.4, -0.2) is 36.1 Å². The maximum atomic E-state index is 12.4. The van der Waals surface area contributed by atoms with Crippen LogP contribution in [0.4, 0.5) is 4.79 Å². The Morgan fingerprint density at radius 3 is 2.50 bits per heavy atom.